The van der Waals surface area contributed by atoms with Gasteiger partial charge in [0.1, 0.15) is 30.3 Å². The predicted molar refractivity (Wildman–Crippen MR) is 75.1 cm³/mol. The van der Waals surface area contributed by atoms with Crippen molar-refractivity contribution in [2.24, 2.45) is 5.92 Å². The molecule has 1 aliphatic heterocycles. The predicted octanol–water partition coefficient (Wildman–Crippen LogP) is 0.563. The van der Waals surface area contributed by atoms with Gasteiger partial charge in [-0.1, -0.05) is 0 Å². The van der Waals surface area contributed by atoms with Crippen molar-refractivity contribution in [3.63, 3.8) is 0 Å². The number of fused-ring (bicyclic) bond motifs is 1. The third kappa shape index (κ3) is 3.81. The molecule has 8 heteroatoms. The molecule has 0 aromatic carbocycles. The second kappa shape index (κ2) is 6.45. The first kappa shape index (κ1) is 17.7. The van der Waals surface area contributed by atoms with Crippen LogP contribution >= 0.6 is 0 Å². The largest absolute Gasteiger partial charge is 0.469 e. The van der Waals surface area contributed by atoms with E-state index in [4.69, 9.17) is 23.7 Å². The average molecular weight is 330 g/mol. The summed E-state index contributed by atoms with van der Waals surface area (Å²) in [6, 6.07) is 0. The number of carbonyl (C=O) groups is 3. The zero-order chi connectivity index (χ0) is 17.4. The highest BCUT2D eigenvalue weighted by Gasteiger charge is 2.58. The SMILES string of the molecule is COC(=O)C1C[C@H](OC(C)=O)[C@H]2OC(C)(C)O[C@H]2[C@H]1OC(C)=O. The molecule has 130 valence electrons. The van der Waals surface area contributed by atoms with Gasteiger partial charge in [-0.2, -0.15) is 0 Å². The number of ether oxygens (including phenoxy) is 5. The minimum Gasteiger partial charge on any atom is -0.469 e. The smallest absolute Gasteiger partial charge is 0.312 e. The molecular weight excluding hydrogens is 308 g/mol. The third-order valence-electron chi connectivity index (χ3n) is 3.86. The van der Waals surface area contributed by atoms with Gasteiger partial charge >= 0.3 is 17.9 Å². The standard InChI is InChI=1S/C15H22O8/c1-7(16)20-10-6-9(14(18)19-5)11(21-8(2)17)13-12(10)22-15(3,4)23-13/h9-13H,6H2,1-5H3/t9?,10-,11-,12+,13-/m0/s1. The van der Waals surface area contributed by atoms with Crippen molar-refractivity contribution < 1.29 is 38.1 Å². The third-order valence-corrected chi connectivity index (χ3v) is 3.86. The topological polar surface area (TPSA) is 97.4 Å². The summed E-state index contributed by atoms with van der Waals surface area (Å²) in [6.45, 7) is 5.94. The van der Waals surface area contributed by atoms with Crippen LogP contribution in [0.25, 0.3) is 0 Å². The van der Waals surface area contributed by atoms with Crippen LogP contribution in [0.4, 0.5) is 0 Å². The van der Waals surface area contributed by atoms with Crippen LogP contribution in [0.2, 0.25) is 0 Å². The summed E-state index contributed by atoms with van der Waals surface area (Å²) in [5, 5.41) is 0. The van der Waals surface area contributed by atoms with E-state index in [0.717, 1.165) is 0 Å². The van der Waals surface area contributed by atoms with E-state index in [2.05, 4.69) is 0 Å². The fourth-order valence-corrected chi connectivity index (χ4v) is 3.16. The lowest BCUT2D eigenvalue weighted by Crippen LogP contribution is -2.56. The van der Waals surface area contributed by atoms with E-state index >= 15 is 0 Å². The maximum Gasteiger partial charge on any atom is 0.312 e. The van der Waals surface area contributed by atoms with Crippen molar-refractivity contribution in [1.82, 2.24) is 0 Å². The Hall–Kier alpha value is -1.67. The Morgan fingerprint density at radius 2 is 1.57 bits per heavy atom. The molecule has 0 bridgehead atoms. The minimum absolute atomic E-state index is 0.130. The van der Waals surface area contributed by atoms with Gasteiger partial charge in [-0.25, -0.2) is 0 Å². The second-order valence-electron chi connectivity index (χ2n) is 6.15. The van der Waals surface area contributed by atoms with E-state index in [1.165, 1.54) is 21.0 Å². The number of hydrogen-bond acceptors (Lipinski definition) is 8. The highest BCUT2D eigenvalue weighted by atomic mass is 16.8. The van der Waals surface area contributed by atoms with E-state index in [9.17, 15) is 14.4 Å². The van der Waals surface area contributed by atoms with Crippen LogP contribution in [-0.2, 0) is 38.1 Å². The average Bonchev–Trinajstić information content (AvgIpc) is 2.75. The zero-order valence-electron chi connectivity index (χ0n) is 13.9. The highest BCUT2D eigenvalue weighted by Crippen LogP contribution is 2.42. The molecule has 1 aliphatic carbocycles. The van der Waals surface area contributed by atoms with Crippen LogP contribution in [0.3, 0.4) is 0 Å². The van der Waals surface area contributed by atoms with E-state index in [1.54, 1.807) is 13.8 Å². The molecular formula is C15H22O8. The molecule has 0 radical (unpaired) electrons. The highest BCUT2D eigenvalue weighted by molar-refractivity contribution is 5.75. The number of esters is 3. The molecule has 0 N–H and O–H groups in total. The molecule has 1 saturated heterocycles. The fourth-order valence-electron chi connectivity index (χ4n) is 3.16. The van der Waals surface area contributed by atoms with E-state index < -0.39 is 54.0 Å². The maximum atomic E-state index is 12.1. The summed E-state index contributed by atoms with van der Waals surface area (Å²) in [6.07, 6.45) is -2.77. The fraction of sp³-hybridized carbons (Fsp3) is 0.800. The van der Waals surface area contributed by atoms with Crippen molar-refractivity contribution in [1.29, 1.82) is 0 Å². The molecule has 5 atom stereocenters. The van der Waals surface area contributed by atoms with Crippen molar-refractivity contribution >= 4 is 17.9 Å². The molecule has 2 rings (SSSR count). The Kier molecular flexibility index (Phi) is 4.95. The first-order chi connectivity index (χ1) is 10.6. The summed E-state index contributed by atoms with van der Waals surface area (Å²) in [4.78, 5) is 34.9. The first-order valence-electron chi connectivity index (χ1n) is 7.42. The molecule has 0 spiro atoms. The molecule has 8 nitrogen and oxygen atoms in total. The van der Waals surface area contributed by atoms with E-state index in [1.807, 2.05) is 0 Å². The monoisotopic (exact) mass is 330 g/mol. The van der Waals surface area contributed by atoms with Crippen molar-refractivity contribution in [2.45, 2.75) is 64.3 Å². The Morgan fingerprint density at radius 1 is 1.00 bits per heavy atom. The Bertz CT molecular complexity index is 500. The van der Waals surface area contributed by atoms with Gasteiger partial charge in [-0.15, -0.1) is 0 Å². The summed E-state index contributed by atoms with van der Waals surface area (Å²) in [5.74, 6) is -3.33. The quantitative estimate of drug-likeness (QED) is 0.547. The van der Waals surface area contributed by atoms with Gasteiger partial charge in [0.05, 0.1) is 7.11 Å². The van der Waals surface area contributed by atoms with Gasteiger partial charge in [-0.05, 0) is 13.8 Å². The lowest BCUT2D eigenvalue weighted by molar-refractivity contribution is -0.188. The molecule has 2 aliphatic rings. The van der Waals surface area contributed by atoms with E-state index in [0.29, 0.717) is 0 Å². The van der Waals surface area contributed by atoms with Crippen LogP contribution in [0.15, 0.2) is 0 Å². The van der Waals surface area contributed by atoms with Crippen LogP contribution in [0.1, 0.15) is 34.1 Å². The second-order valence-corrected chi connectivity index (χ2v) is 6.15. The first-order valence-corrected chi connectivity index (χ1v) is 7.42. The molecule has 2 fully saturated rings. The van der Waals surface area contributed by atoms with Crippen LogP contribution in [-0.4, -0.2) is 55.2 Å². The normalized spacial score (nSPS) is 35.1. The number of methoxy groups -OCH3 is 1. The van der Waals surface area contributed by atoms with Gasteiger partial charge in [0.25, 0.3) is 0 Å². The maximum absolute atomic E-state index is 12.1. The molecule has 0 amide bonds. The Morgan fingerprint density at radius 3 is 2.09 bits per heavy atom. The summed E-state index contributed by atoms with van der Waals surface area (Å²) < 4.78 is 27.0. The van der Waals surface area contributed by atoms with Crippen molar-refractivity contribution in [2.75, 3.05) is 7.11 Å². The van der Waals surface area contributed by atoms with Gasteiger partial charge in [0.15, 0.2) is 5.79 Å². The number of hydrogen-bond donors (Lipinski definition) is 0. The Balaban J connectivity index is 2.34. The van der Waals surface area contributed by atoms with Crippen LogP contribution in [0.5, 0.6) is 0 Å². The van der Waals surface area contributed by atoms with Crippen LogP contribution in [0, 0.1) is 5.92 Å². The summed E-state index contributed by atoms with van der Waals surface area (Å²) >= 11 is 0. The van der Waals surface area contributed by atoms with Crippen molar-refractivity contribution in [3.05, 3.63) is 0 Å². The molecule has 1 heterocycles. The van der Waals surface area contributed by atoms with Crippen molar-refractivity contribution in [3.8, 4) is 0 Å². The van der Waals surface area contributed by atoms with Gasteiger partial charge < -0.3 is 23.7 Å². The molecule has 0 aromatic rings. The van der Waals surface area contributed by atoms with Crippen LogP contribution < -0.4 is 0 Å². The lowest BCUT2D eigenvalue weighted by Gasteiger charge is -2.39. The lowest BCUT2D eigenvalue weighted by atomic mass is 9.80. The van der Waals surface area contributed by atoms with Gasteiger partial charge in [-0.3, -0.25) is 14.4 Å². The zero-order valence-corrected chi connectivity index (χ0v) is 13.9. The molecule has 1 unspecified atom stereocenters. The summed E-state index contributed by atoms with van der Waals surface area (Å²) in [5.41, 5.74) is 0. The summed E-state index contributed by atoms with van der Waals surface area (Å²) in [7, 11) is 1.25. The molecule has 0 aromatic heterocycles. The van der Waals surface area contributed by atoms with Gasteiger partial charge in [0.2, 0.25) is 0 Å². The minimum atomic E-state index is -0.947. The molecule has 23 heavy (non-hydrogen) atoms. The molecule has 1 saturated carbocycles. The number of carbonyl (C=O) groups excluding carboxylic acids is 3. The number of rotatable bonds is 3. The van der Waals surface area contributed by atoms with E-state index in [-0.39, 0.29) is 6.42 Å². The van der Waals surface area contributed by atoms with Gasteiger partial charge in [0, 0.05) is 20.3 Å². The Labute approximate surface area is 134 Å².